The molecule has 2 aromatic carbocycles. The Kier molecular flexibility index (Phi) is 9.45. The Labute approximate surface area is 312 Å². The lowest BCUT2D eigenvalue weighted by Crippen LogP contribution is -2.57. The number of aromatic nitrogens is 2. The molecule has 3 aliphatic heterocycles. The second-order valence-corrected chi connectivity index (χ2v) is 18.4. The van der Waals surface area contributed by atoms with E-state index < -0.39 is 26.8 Å². The number of rotatable bonds is 3. The Hall–Kier alpha value is -3.38. The molecule has 2 bridgehead atoms. The van der Waals surface area contributed by atoms with Gasteiger partial charge in [0.05, 0.1) is 24.1 Å². The molecule has 6 atom stereocenters. The average molecular weight is 748 g/mol. The molecule has 1 saturated carbocycles. The van der Waals surface area contributed by atoms with Crippen molar-refractivity contribution in [2.24, 2.45) is 17.8 Å². The van der Waals surface area contributed by atoms with Crippen LogP contribution in [0.1, 0.15) is 73.3 Å². The number of carbonyl (C=O) groups excluding carboxylic acids is 1. The Morgan fingerprint density at radius 3 is 2.81 bits per heavy atom. The molecule has 1 fully saturated rings. The number of fused-ring (bicyclic) bond motifs is 5. The minimum Gasteiger partial charge on any atom is -0.490 e. The topological polar surface area (TPSA) is 106 Å². The number of nitrogens with one attached hydrogen (secondary N) is 1. The SMILES string of the molecule is CO[C@@]1(CN2CCn3ccnc3C2)/C=C/C[C@H](C)[C@@H](C)S(=O)(=O)NC(=O)c2ccc3c(c2)N(C[C@@H]2CC[C@H]21)C[C@@]1(CCCc2cc(Cl)ccc21)CO3. The third-order valence-corrected chi connectivity index (χ3v) is 15.1. The van der Waals surface area contributed by atoms with Gasteiger partial charge in [-0.3, -0.25) is 9.69 Å². The van der Waals surface area contributed by atoms with Crippen molar-refractivity contribution in [2.75, 3.05) is 44.8 Å². The fraction of sp³-hybridized carbons (Fsp3) is 0.550. The highest BCUT2D eigenvalue weighted by Crippen LogP contribution is 2.49. The lowest BCUT2D eigenvalue weighted by atomic mass is 9.63. The summed E-state index contributed by atoms with van der Waals surface area (Å²) in [4.78, 5) is 23.1. The maximum atomic E-state index is 13.6. The number of allylic oxidation sites excluding steroid dienone is 1. The molecule has 1 N–H and O–H groups in total. The molecule has 278 valence electrons. The predicted octanol–water partition coefficient (Wildman–Crippen LogP) is 5.98. The maximum Gasteiger partial charge on any atom is 0.264 e. The monoisotopic (exact) mass is 747 g/mol. The van der Waals surface area contributed by atoms with E-state index in [-0.39, 0.29) is 17.3 Å². The average Bonchev–Trinajstić information content (AvgIpc) is 3.53. The normalized spacial score (nSPS) is 32.3. The Bertz CT molecular complexity index is 1980. The molecule has 4 heterocycles. The first-order valence-electron chi connectivity index (χ1n) is 18.8. The number of halogens is 1. The quantitative estimate of drug-likeness (QED) is 0.327. The summed E-state index contributed by atoms with van der Waals surface area (Å²) < 4.78 is 45.2. The summed E-state index contributed by atoms with van der Waals surface area (Å²) in [6, 6.07) is 11.6. The van der Waals surface area contributed by atoms with Crippen LogP contribution >= 0.6 is 11.6 Å². The van der Waals surface area contributed by atoms with Crippen molar-refractivity contribution in [3.63, 3.8) is 0 Å². The van der Waals surface area contributed by atoms with E-state index in [0.29, 0.717) is 43.3 Å². The third kappa shape index (κ3) is 6.45. The number of nitrogens with zero attached hydrogens (tertiary/aromatic N) is 4. The van der Waals surface area contributed by atoms with Gasteiger partial charge in [0.1, 0.15) is 17.2 Å². The van der Waals surface area contributed by atoms with Gasteiger partial charge in [0.2, 0.25) is 10.0 Å². The molecule has 1 spiro atoms. The molecule has 2 aliphatic carbocycles. The molecule has 52 heavy (non-hydrogen) atoms. The van der Waals surface area contributed by atoms with Crippen LogP contribution in [0.4, 0.5) is 5.69 Å². The molecule has 5 aliphatic rings. The van der Waals surface area contributed by atoms with Gasteiger partial charge in [-0.25, -0.2) is 18.1 Å². The molecule has 0 radical (unpaired) electrons. The summed E-state index contributed by atoms with van der Waals surface area (Å²) >= 11 is 6.50. The van der Waals surface area contributed by atoms with E-state index in [1.165, 1.54) is 11.1 Å². The van der Waals surface area contributed by atoms with Gasteiger partial charge in [-0.2, -0.15) is 0 Å². The predicted molar refractivity (Wildman–Crippen MR) is 202 cm³/mol. The van der Waals surface area contributed by atoms with Crippen LogP contribution in [-0.4, -0.2) is 79.5 Å². The Morgan fingerprint density at radius 2 is 2.00 bits per heavy atom. The van der Waals surface area contributed by atoms with Crippen LogP contribution in [0.25, 0.3) is 0 Å². The fourth-order valence-corrected chi connectivity index (χ4v) is 11.0. The number of anilines is 1. The number of amides is 1. The smallest absolute Gasteiger partial charge is 0.264 e. The summed E-state index contributed by atoms with van der Waals surface area (Å²) in [5.41, 5.74) is 2.81. The molecule has 3 aromatic rings. The number of imidazole rings is 1. The number of hydrogen-bond acceptors (Lipinski definition) is 8. The Morgan fingerprint density at radius 1 is 1.13 bits per heavy atom. The summed E-state index contributed by atoms with van der Waals surface area (Å²) in [7, 11) is -2.13. The molecule has 12 heteroatoms. The minimum atomic E-state index is -3.96. The van der Waals surface area contributed by atoms with Crippen LogP contribution in [0.3, 0.4) is 0 Å². The highest BCUT2D eigenvalue weighted by atomic mass is 35.5. The lowest BCUT2D eigenvalue weighted by Gasteiger charge is -2.52. The molecule has 8 rings (SSSR count). The second kappa shape index (κ2) is 13.8. The molecule has 1 amide bonds. The first-order valence-corrected chi connectivity index (χ1v) is 20.7. The van der Waals surface area contributed by atoms with E-state index in [4.69, 9.17) is 21.1 Å². The summed E-state index contributed by atoms with van der Waals surface area (Å²) in [6.45, 7) is 8.83. The van der Waals surface area contributed by atoms with Gasteiger partial charge < -0.3 is 18.9 Å². The van der Waals surface area contributed by atoms with E-state index >= 15 is 0 Å². The number of benzene rings is 2. The van der Waals surface area contributed by atoms with Gasteiger partial charge in [0, 0.05) is 68.2 Å². The van der Waals surface area contributed by atoms with Gasteiger partial charge in [-0.15, -0.1) is 0 Å². The van der Waals surface area contributed by atoms with Gasteiger partial charge >= 0.3 is 0 Å². The zero-order valence-electron chi connectivity index (χ0n) is 30.4. The first-order chi connectivity index (χ1) is 25.0. The van der Waals surface area contributed by atoms with E-state index in [2.05, 4.69) is 48.4 Å². The molecular formula is C40H50ClN5O5S. The van der Waals surface area contributed by atoms with Crippen molar-refractivity contribution in [3.8, 4) is 5.75 Å². The number of aryl methyl sites for hydroxylation is 1. The van der Waals surface area contributed by atoms with E-state index in [9.17, 15) is 13.2 Å². The second-order valence-electron chi connectivity index (χ2n) is 15.9. The van der Waals surface area contributed by atoms with E-state index in [1.807, 2.05) is 44.6 Å². The van der Waals surface area contributed by atoms with Gasteiger partial charge in [0.25, 0.3) is 5.91 Å². The van der Waals surface area contributed by atoms with Crippen molar-refractivity contribution < 1.29 is 22.7 Å². The summed E-state index contributed by atoms with van der Waals surface area (Å²) in [5, 5.41) is -0.0457. The zero-order chi connectivity index (χ0) is 36.3. The number of methoxy groups -OCH3 is 1. The van der Waals surface area contributed by atoms with Gasteiger partial charge in [-0.1, -0.05) is 36.7 Å². The number of sulfonamides is 1. The van der Waals surface area contributed by atoms with E-state index in [0.717, 1.165) is 74.8 Å². The largest absolute Gasteiger partial charge is 0.490 e. The van der Waals surface area contributed by atoms with Crippen LogP contribution in [0, 0.1) is 17.8 Å². The molecular weight excluding hydrogens is 698 g/mol. The maximum absolute atomic E-state index is 13.6. The highest BCUT2D eigenvalue weighted by molar-refractivity contribution is 7.90. The third-order valence-electron chi connectivity index (χ3n) is 12.9. The summed E-state index contributed by atoms with van der Waals surface area (Å²) in [6.07, 6.45) is 13.9. The van der Waals surface area contributed by atoms with Crippen LogP contribution < -0.4 is 14.4 Å². The molecule has 1 aromatic heterocycles. The van der Waals surface area contributed by atoms with Crippen LogP contribution in [0.5, 0.6) is 5.75 Å². The summed E-state index contributed by atoms with van der Waals surface area (Å²) in [5.74, 6) is 1.46. The van der Waals surface area contributed by atoms with Crippen LogP contribution in [0.15, 0.2) is 60.9 Å². The standard InChI is InChI=1S/C40H50ClN5O5S/c1-27-6-4-15-40(50-3,25-44-18-19-45-17-16-42-37(45)23-44)34-11-8-31(34)22-46-24-39(14-5-7-29-20-32(41)10-12-33(29)39)26-51-36-13-9-30(21-35(36)46)38(47)43-52(48,49)28(27)2/h4,9-10,12-13,15-17,20-21,27-28,31,34H,5-8,11,14,18-19,22-26H2,1-3H3,(H,43,47)/b15-4+/t27-,28+,31-,34+,39-,40+/m0/s1. The molecule has 10 nitrogen and oxygen atoms in total. The Balaban J connectivity index is 1.20. The van der Waals surface area contributed by atoms with Gasteiger partial charge in [0.15, 0.2) is 0 Å². The molecule has 0 unspecified atom stereocenters. The first kappa shape index (κ1) is 35.6. The van der Waals surface area contributed by atoms with Crippen molar-refractivity contribution in [1.29, 1.82) is 0 Å². The zero-order valence-corrected chi connectivity index (χ0v) is 32.0. The lowest BCUT2D eigenvalue weighted by molar-refractivity contribution is -0.0945. The van der Waals surface area contributed by atoms with Crippen LogP contribution in [-0.2, 0) is 39.7 Å². The molecule has 0 saturated heterocycles. The number of carbonyl (C=O) groups is 1. The minimum absolute atomic E-state index is 0.229. The van der Waals surface area contributed by atoms with Crippen LogP contribution in [0.2, 0.25) is 5.02 Å². The van der Waals surface area contributed by atoms with Crippen molar-refractivity contribution in [2.45, 2.75) is 81.7 Å². The van der Waals surface area contributed by atoms with E-state index in [1.54, 1.807) is 13.0 Å². The highest BCUT2D eigenvalue weighted by Gasteiger charge is 2.50. The number of ether oxygens (including phenoxy) is 2. The van der Waals surface area contributed by atoms with Crippen molar-refractivity contribution in [1.82, 2.24) is 19.2 Å². The fourth-order valence-electron chi connectivity index (χ4n) is 9.52. The van der Waals surface area contributed by atoms with Gasteiger partial charge in [-0.05, 0) is 105 Å². The van der Waals surface area contributed by atoms with Crippen molar-refractivity contribution >= 4 is 33.2 Å². The van der Waals surface area contributed by atoms with Crippen molar-refractivity contribution in [3.05, 3.63) is 88.5 Å². The number of hydrogen-bond donors (Lipinski definition) is 1.